The minimum atomic E-state index is -1.32. The molecule has 2 atom stereocenters. The molecule has 38 heavy (non-hydrogen) atoms. The molecular formula is C29H44N4O5. The molecule has 0 radical (unpaired) electrons. The molecule has 0 aliphatic carbocycles. The van der Waals surface area contributed by atoms with Crippen LogP contribution in [-0.2, 0) is 19.1 Å². The Morgan fingerprint density at radius 3 is 2.29 bits per heavy atom. The van der Waals surface area contributed by atoms with Crippen LogP contribution in [0.5, 0.6) is 0 Å². The summed E-state index contributed by atoms with van der Waals surface area (Å²) in [4.78, 5) is 53.5. The highest BCUT2D eigenvalue weighted by Crippen LogP contribution is 2.27. The Balaban J connectivity index is 3.54. The Bertz CT molecular complexity index is 980. The second-order valence-electron chi connectivity index (χ2n) is 10.2. The number of hydrogen-bond acceptors (Lipinski definition) is 5. The molecule has 4 N–H and O–H groups in total. The van der Waals surface area contributed by atoms with Gasteiger partial charge in [-0.3, -0.25) is 14.4 Å². The molecular weight excluding hydrogens is 484 g/mol. The molecule has 1 aromatic rings. The van der Waals surface area contributed by atoms with Crippen molar-refractivity contribution in [1.82, 2.24) is 15.5 Å². The maximum Gasteiger partial charge on any atom is 0.408 e. The Labute approximate surface area is 227 Å². The van der Waals surface area contributed by atoms with Crippen LogP contribution in [0, 0.1) is 12.3 Å². The lowest BCUT2D eigenvalue weighted by molar-refractivity contribution is -0.143. The third-order valence-electron chi connectivity index (χ3n) is 5.73. The lowest BCUT2D eigenvalue weighted by Gasteiger charge is -2.35. The second-order valence-corrected chi connectivity index (χ2v) is 10.2. The van der Waals surface area contributed by atoms with E-state index < -0.39 is 42.0 Å². The Morgan fingerprint density at radius 2 is 1.71 bits per heavy atom. The summed E-state index contributed by atoms with van der Waals surface area (Å²) in [6.45, 7) is 9.79. The molecule has 4 amide bonds. The van der Waals surface area contributed by atoms with Crippen molar-refractivity contribution in [3.05, 3.63) is 35.4 Å². The first kappa shape index (κ1) is 32.5. The highest BCUT2D eigenvalue weighted by molar-refractivity contribution is 5.94. The summed E-state index contributed by atoms with van der Waals surface area (Å²) in [5.41, 5.74) is 5.58. The first-order chi connectivity index (χ1) is 17.9. The van der Waals surface area contributed by atoms with E-state index in [1.54, 1.807) is 45.0 Å². The summed E-state index contributed by atoms with van der Waals surface area (Å²) in [6, 6.07) is 4.55. The number of unbranched alkanes of at least 4 members (excludes halogenated alkanes) is 4. The average molecular weight is 529 g/mol. The van der Waals surface area contributed by atoms with Gasteiger partial charge in [0.15, 0.2) is 0 Å². The number of amides is 4. The minimum Gasteiger partial charge on any atom is -0.444 e. The summed E-state index contributed by atoms with van der Waals surface area (Å²) in [7, 11) is 0. The van der Waals surface area contributed by atoms with Crippen LogP contribution in [0.1, 0.15) is 96.7 Å². The van der Waals surface area contributed by atoms with Gasteiger partial charge in [0.25, 0.3) is 0 Å². The number of terminal acetylenes is 1. The van der Waals surface area contributed by atoms with Crippen LogP contribution < -0.4 is 16.4 Å². The van der Waals surface area contributed by atoms with Crippen LogP contribution in [-0.4, -0.2) is 53.4 Å². The van der Waals surface area contributed by atoms with E-state index in [2.05, 4.69) is 23.5 Å². The summed E-state index contributed by atoms with van der Waals surface area (Å²) >= 11 is 0. The number of alkyl carbamates (subject to hydrolysis) is 1. The number of carbonyl (C=O) groups is 4. The molecule has 0 heterocycles. The Kier molecular flexibility index (Phi) is 14.0. The highest BCUT2D eigenvalue weighted by Gasteiger charge is 2.37. The fourth-order valence-electron chi connectivity index (χ4n) is 3.93. The molecule has 0 saturated heterocycles. The third-order valence-corrected chi connectivity index (χ3v) is 5.73. The standard InChI is InChI=1S/C29H44N4O5/c1-7-10-12-15-19-33(27(36)23(20-24(30)34)32-28(37)38-29(4,5)6)25(26(35)31-18-11-8-2)22-17-14-13-16-21(22)9-3/h3,13-14,16-17,23,25H,7-8,10-12,15,18-20H2,1-2,4-6H3,(H2,30,34)(H,31,35)(H,32,37). The molecule has 210 valence electrons. The Morgan fingerprint density at radius 1 is 1.05 bits per heavy atom. The fraction of sp³-hybridized carbons (Fsp3) is 0.586. The molecule has 0 saturated carbocycles. The highest BCUT2D eigenvalue weighted by atomic mass is 16.6. The number of nitrogens with two attached hydrogens (primary N) is 1. The van der Waals surface area contributed by atoms with E-state index in [4.69, 9.17) is 16.9 Å². The smallest absolute Gasteiger partial charge is 0.408 e. The van der Waals surface area contributed by atoms with Gasteiger partial charge in [-0.15, -0.1) is 6.42 Å². The molecule has 0 fully saturated rings. The molecule has 9 nitrogen and oxygen atoms in total. The molecule has 0 aromatic heterocycles. The van der Waals surface area contributed by atoms with Crippen molar-refractivity contribution in [1.29, 1.82) is 0 Å². The van der Waals surface area contributed by atoms with E-state index in [0.717, 1.165) is 32.1 Å². The van der Waals surface area contributed by atoms with Gasteiger partial charge in [0.2, 0.25) is 17.7 Å². The summed E-state index contributed by atoms with van der Waals surface area (Å²) in [5.74, 6) is 0.821. The van der Waals surface area contributed by atoms with Gasteiger partial charge < -0.3 is 26.0 Å². The van der Waals surface area contributed by atoms with Gasteiger partial charge in [0, 0.05) is 18.7 Å². The normalized spacial score (nSPS) is 12.5. The average Bonchev–Trinajstić information content (AvgIpc) is 2.83. The van der Waals surface area contributed by atoms with E-state index in [9.17, 15) is 19.2 Å². The number of nitrogens with one attached hydrogen (secondary N) is 2. The first-order valence-corrected chi connectivity index (χ1v) is 13.4. The molecule has 1 aromatic carbocycles. The van der Waals surface area contributed by atoms with Gasteiger partial charge in [-0.05, 0) is 45.2 Å². The van der Waals surface area contributed by atoms with Gasteiger partial charge >= 0.3 is 6.09 Å². The minimum absolute atomic E-state index is 0.217. The molecule has 0 spiro atoms. The van der Waals surface area contributed by atoms with Crippen molar-refractivity contribution in [3.8, 4) is 12.3 Å². The van der Waals surface area contributed by atoms with Crippen LogP contribution in [0.15, 0.2) is 24.3 Å². The van der Waals surface area contributed by atoms with Gasteiger partial charge in [-0.1, -0.05) is 63.7 Å². The van der Waals surface area contributed by atoms with Crippen LogP contribution in [0.3, 0.4) is 0 Å². The second kappa shape index (κ2) is 16.3. The van der Waals surface area contributed by atoms with E-state index >= 15 is 0 Å². The first-order valence-electron chi connectivity index (χ1n) is 13.4. The third kappa shape index (κ3) is 11.2. The van der Waals surface area contributed by atoms with Gasteiger partial charge in [0.1, 0.15) is 17.7 Å². The summed E-state index contributed by atoms with van der Waals surface area (Å²) in [5, 5.41) is 5.40. The summed E-state index contributed by atoms with van der Waals surface area (Å²) < 4.78 is 5.31. The van der Waals surface area contributed by atoms with Crippen molar-refractivity contribution in [2.24, 2.45) is 5.73 Å². The number of nitrogens with zero attached hydrogens (tertiary/aromatic N) is 1. The molecule has 0 aliphatic rings. The van der Waals surface area contributed by atoms with Crippen molar-refractivity contribution >= 4 is 23.8 Å². The predicted molar refractivity (Wildman–Crippen MR) is 148 cm³/mol. The zero-order valence-electron chi connectivity index (χ0n) is 23.5. The molecule has 0 aliphatic heterocycles. The number of carbonyl (C=O) groups excluding carboxylic acids is 4. The van der Waals surface area contributed by atoms with Crippen molar-refractivity contribution < 1.29 is 23.9 Å². The number of hydrogen-bond donors (Lipinski definition) is 3. The maximum absolute atomic E-state index is 14.0. The van der Waals surface area contributed by atoms with Crippen LogP contribution in [0.4, 0.5) is 4.79 Å². The quantitative estimate of drug-likeness (QED) is 0.235. The van der Waals surface area contributed by atoms with Gasteiger partial charge in [-0.25, -0.2) is 4.79 Å². The van der Waals surface area contributed by atoms with Crippen LogP contribution in [0.25, 0.3) is 0 Å². The van der Waals surface area contributed by atoms with Crippen LogP contribution in [0.2, 0.25) is 0 Å². The van der Waals surface area contributed by atoms with E-state index in [-0.39, 0.29) is 12.5 Å². The molecule has 2 unspecified atom stereocenters. The molecule has 9 heteroatoms. The Hall–Kier alpha value is -3.54. The number of primary amides is 1. The van der Waals surface area contributed by atoms with E-state index in [1.807, 2.05) is 6.92 Å². The molecule has 0 bridgehead atoms. The number of benzene rings is 1. The number of rotatable bonds is 15. The monoisotopic (exact) mass is 528 g/mol. The lowest BCUT2D eigenvalue weighted by Crippen LogP contribution is -2.54. The predicted octanol–water partition coefficient (Wildman–Crippen LogP) is 3.80. The zero-order chi connectivity index (χ0) is 28.7. The lowest BCUT2D eigenvalue weighted by atomic mass is 9.96. The van der Waals surface area contributed by atoms with Gasteiger partial charge in [-0.2, -0.15) is 0 Å². The topological polar surface area (TPSA) is 131 Å². The summed E-state index contributed by atoms with van der Waals surface area (Å²) in [6.07, 6.45) is 9.48. The van der Waals surface area contributed by atoms with Crippen molar-refractivity contribution in [2.75, 3.05) is 13.1 Å². The molecule has 1 rings (SSSR count). The fourth-order valence-corrected chi connectivity index (χ4v) is 3.93. The largest absolute Gasteiger partial charge is 0.444 e. The maximum atomic E-state index is 14.0. The van der Waals surface area contributed by atoms with Crippen molar-refractivity contribution in [3.63, 3.8) is 0 Å². The van der Waals surface area contributed by atoms with Crippen LogP contribution >= 0.6 is 0 Å². The zero-order valence-corrected chi connectivity index (χ0v) is 23.5. The number of ether oxygens (including phenoxy) is 1. The SMILES string of the molecule is C#Cc1ccccc1C(C(=O)NCCCC)N(CCCCCC)C(=O)C(CC(N)=O)NC(=O)OC(C)(C)C. The van der Waals surface area contributed by atoms with E-state index in [1.165, 1.54) is 4.90 Å². The van der Waals surface area contributed by atoms with Gasteiger partial charge in [0.05, 0.1) is 6.42 Å². The van der Waals surface area contributed by atoms with Crippen molar-refractivity contribution in [2.45, 2.75) is 97.2 Å². The van der Waals surface area contributed by atoms with E-state index in [0.29, 0.717) is 24.1 Å².